The number of aliphatic carboxylic acids is 2. The van der Waals surface area contributed by atoms with E-state index in [4.69, 9.17) is 26.8 Å². The molecule has 12 nitrogen and oxygen atoms in total. The number of nitrogens with two attached hydrogens (primary N) is 2. The predicted molar refractivity (Wildman–Crippen MR) is 85.9 cm³/mol. The van der Waals surface area contributed by atoms with Crippen LogP contribution >= 0.6 is 11.8 Å². The summed E-state index contributed by atoms with van der Waals surface area (Å²) in [4.78, 5) is 55.2. The van der Waals surface area contributed by atoms with E-state index < -0.39 is 48.0 Å². The molecule has 9 N–H and O–H groups in total. The molecule has 0 aliphatic rings. The normalized spacial score (nSPS) is 14.0. The molecule has 0 aromatic carbocycles. The summed E-state index contributed by atoms with van der Waals surface area (Å²) >= 11 is 0.931. The first kappa shape index (κ1) is 22.6. The van der Waals surface area contributed by atoms with Crippen LogP contribution in [0.2, 0.25) is 0 Å². The third-order valence-corrected chi connectivity index (χ3v) is 3.94. The van der Waals surface area contributed by atoms with Crippen molar-refractivity contribution in [3.05, 3.63) is 0 Å². The molecule has 0 radical (unpaired) electrons. The van der Waals surface area contributed by atoms with E-state index in [0.29, 0.717) is 0 Å². The molecule has 0 aromatic heterocycles. The molecule has 0 spiro atoms. The summed E-state index contributed by atoms with van der Waals surface area (Å²) in [5, 5.41) is 29.7. The van der Waals surface area contributed by atoms with Crippen LogP contribution in [0.15, 0.2) is 0 Å². The number of carboxylic acid groups (broad SMARTS) is 3. The second-order valence-corrected chi connectivity index (χ2v) is 5.96. The number of thioether (sulfide) groups is 1. The topological polar surface area (TPSA) is 222 Å². The van der Waals surface area contributed by atoms with Crippen LogP contribution in [0.4, 0.5) is 4.79 Å². The minimum absolute atomic E-state index is 0.0635. The Morgan fingerprint density at radius 1 is 0.920 bits per heavy atom. The molecule has 3 unspecified atom stereocenters. The molecule has 25 heavy (non-hydrogen) atoms. The van der Waals surface area contributed by atoms with Crippen LogP contribution in [0.25, 0.3) is 0 Å². The zero-order valence-corrected chi connectivity index (χ0v) is 13.8. The van der Waals surface area contributed by atoms with Crippen molar-refractivity contribution in [2.24, 2.45) is 11.5 Å². The average molecular weight is 380 g/mol. The third kappa shape index (κ3) is 10.2. The van der Waals surface area contributed by atoms with E-state index in [1.165, 1.54) is 0 Å². The predicted octanol–water partition coefficient (Wildman–Crippen LogP) is -2.40. The fourth-order valence-electron chi connectivity index (χ4n) is 1.44. The second kappa shape index (κ2) is 11.2. The number of carboxylic acids is 2. The van der Waals surface area contributed by atoms with Crippen LogP contribution in [0.5, 0.6) is 0 Å². The van der Waals surface area contributed by atoms with Gasteiger partial charge in [-0.2, -0.15) is 11.8 Å². The van der Waals surface area contributed by atoms with Gasteiger partial charge in [-0.3, -0.25) is 24.5 Å². The number of amides is 3. The molecule has 0 bridgehead atoms. The van der Waals surface area contributed by atoms with Gasteiger partial charge in [-0.15, -0.1) is 0 Å². The van der Waals surface area contributed by atoms with Gasteiger partial charge in [-0.05, 0) is 6.42 Å². The van der Waals surface area contributed by atoms with Gasteiger partial charge in [-0.25, -0.2) is 4.79 Å². The summed E-state index contributed by atoms with van der Waals surface area (Å²) in [6, 6.07) is -3.70. The summed E-state index contributed by atoms with van der Waals surface area (Å²) in [7, 11) is 0. The van der Waals surface area contributed by atoms with Gasteiger partial charge < -0.3 is 32.1 Å². The van der Waals surface area contributed by atoms with E-state index in [2.05, 4.69) is 5.32 Å². The molecule has 0 fully saturated rings. The van der Waals surface area contributed by atoms with Gasteiger partial charge in [0.2, 0.25) is 5.91 Å². The Hall–Kier alpha value is -2.38. The van der Waals surface area contributed by atoms with Crippen molar-refractivity contribution in [1.29, 1.82) is 0 Å². The summed E-state index contributed by atoms with van der Waals surface area (Å²) in [5.41, 5.74) is 10.6. The van der Waals surface area contributed by atoms with E-state index in [0.717, 1.165) is 11.8 Å². The van der Waals surface area contributed by atoms with Gasteiger partial charge in [0.15, 0.2) is 0 Å². The zero-order valence-electron chi connectivity index (χ0n) is 13.0. The van der Waals surface area contributed by atoms with Crippen molar-refractivity contribution < 1.29 is 39.3 Å². The summed E-state index contributed by atoms with van der Waals surface area (Å²) in [6.07, 6.45) is -2.08. The fourth-order valence-corrected chi connectivity index (χ4v) is 2.44. The highest BCUT2D eigenvalue weighted by Crippen LogP contribution is 2.06. The van der Waals surface area contributed by atoms with Crippen LogP contribution in [-0.2, 0) is 19.2 Å². The molecular weight excluding hydrogens is 360 g/mol. The molecular formula is C12H20N4O8S. The zero-order chi connectivity index (χ0) is 19.6. The maximum Gasteiger partial charge on any atom is 0.411 e. The Labute approximate surface area is 146 Å². The van der Waals surface area contributed by atoms with Crippen molar-refractivity contribution in [3.63, 3.8) is 0 Å². The fraction of sp³-hybridized carbons (Fsp3) is 0.583. The second-order valence-electron chi connectivity index (χ2n) is 4.88. The van der Waals surface area contributed by atoms with Crippen molar-refractivity contribution in [2.45, 2.75) is 31.0 Å². The first-order valence-electron chi connectivity index (χ1n) is 6.92. The summed E-state index contributed by atoms with van der Waals surface area (Å²) in [5.74, 6) is -4.44. The molecule has 0 aliphatic carbocycles. The van der Waals surface area contributed by atoms with E-state index in [-0.39, 0.29) is 24.3 Å². The molecule has 0 heterocycles. The van der Waals surface area contributed by atoms with Crippen LogP contribution in [0.3, 0.4) is 0 Å². The van der Waals surface area contributed by atoms with Crippen LogP contribution in [0, 0.1) is 0 Å². The van der Waals surface area contributed by atoms with Crippen LogP contribution in [0.1, 0.15) is 12.8 Å². The molecule has 13 heteroatoms. The highest BCUT2D eigenvalue weighted by atomic mass is 32.2. The molecule has 0 aromatic rings. The van der Waals surface area contributed by atoms with Gasteiger partial charge in [0.1, 0.15) is 18.1 Å². The number of rotatable bonds is 11. The van der Waals surface area contributed by atoms with E-state index in [1.807, 2.05) is 0 Å². The first-order chi connectivity index (χ1) is 11.5. The lowest BCUT2D eigenvalue weighted by Gasteiger charge is -2.18. The lowest BCUT2D eigenvalue weighted by Crippen LogP contribution is -2.50. The van der Waals surface area contributed by atoms with E-state index >= 15 is 0 Å². The lowest BCUT2D eigenvalue weighted by atomic mass is 10.1. The first-order valence-corrected chi connectivity index (χ1v) is 8.07. The number of carbonyl (C=O) groups is 5. The standard InChI is InChI=1S/C12H20N4O8S/c13-5(10(19)20)1-2-8(17)15-7(9(18)16-12(23)24)4-25-3-6(14)11(21)22/h5-7H,1-4,13-14H2,(H,15,17)(H,16,18)(H,19,20)(H,21,22)(H,23,24). The summed E-state index contributed by atoms with van der Waals surface area (Å²) < 4.78 is 0. The number of carbonyl (C=O) groups excluding carboxylic acids is 2. The number of imide groups is 1. The van der Waals surface area contributed by atoms with Gasteiger partial charge >= 0.3 is 18.0 Å². The molecule has 0 rings (SSSR count). The largest absolute Gasteiger partial charge is 0.480 e. The average Bonchev–Trinajstić information content (AvgIpc) is 2.50. The Morgan fingerprint density at radius 3 is 1.96 bits per heavy atom. The molecule has 0 aliphatic heterocycles. The minimum atomic E-state index is -1.62. The molecule has 0 saturated heterocycles. The van der Waals surface area contributed by atoms with E-state index in [9.17, 15) is 24.0 Å². The Bertz CT molecular complexity index is 529. The quantitative estimate of drug-likeness (QED) is 0.200. The molecule has 142 valence electrons. The highest BCUT2D eigenvalue weighted by molar-refractivity contribution is 7.99. The van der Waals surface area contributed by atoms with Crippen molar-refractivity contribution in [2.75, 3.05) is 11.5 Å². The van der Waals surface area contributed by atoms with E-state index in [1.54, 1.807) is 5.32 Å². The number of hydrogen-bond donors (Lipinski definition) is 7. The summed E-state index contributed by atoms with van der Waals surface area (Å²) in [6.45, 7) is 0. The Balaban J connectivity index is 4.64. The highest BCUT2D eigenvalue weighted by Gasteiger charge is 2.24. The monoisotopic (exact) mass is 380 g/mol. The minimum Gasteiger partial charge on any atom is -0.480 e. The van der Waals surface area contributed by atoms with Gasteiger partial charge in [0.05, 0.1) is 0 Å². The Morgan fingerprint density at radius 2 is 1.48 bits per heavy atom. The maximum atomic E-state index is 11.8. The van der Waals surface area contributed by atoms with Gasteiger partial charge in [0, 0.05) is 17.9 Å². The molecule has 3 atom stereocenters. The number of nitrogens with one attached hydrogen (secondary N) is 2. The van der Waals surface area contributed by atoms with Gasteiger partial charge in [-0.1, -0.05) is 0 Å². The van der Waals surface area contributed by atoms with Crippen molar-refractivity contribution in [3.8, 4) is 0 Å². The maximum absolute atomic E-state index is 11.8. The molecule has 3 amide bonds. The smallest absolute Gasteiger partial charge is 0.411 e. The molecule has 0 saturated carbocycles. The van der Waals surface area contributed by atoms with Crippen LogP contribution < -0.4 is 22.1 Å². The Kier molecular flexibility index (Phi) is 10.2. The van der Waals surface area contributed by atoms with Crippen LogP contribution in [-0.4, -0.2) is 74.8 Å². The van der Waals surface area contributed by atoms with Gasteiger partial charge in [0.25, 0.3) is 5.91 Å². The third-order valence-electron chi connectivity index (χ3n) is 2.78. The SMILES string of the molecule is NC(CCC(=O)NC(CSCC(N)C(=O)O)C(=O)NC(=O)O)C(=O)O. The van der Waals surface area contributed by atoms with Crippen molar-refractivity contribution >= 4 is 41.6 Å². The lowest BCUT2D eigenvalue weighted by molar-refractivity contribution is -0.139. The van der Waals surface area contributed by atoms with Crippen molar-refractivity contribution in [1.82, 2.24) is 10.6 Å². The number of hydrogen-bond acceptors (Lipinski definition) is 8.